The molecule has 0 spiro atoms. The summed E-state index contributed by atoms with van der Waals surface area (Å²) in [6.07, 6.45) is 1.37. The Kier molecular flexibility index (Phi) is 5.92. The maximum atomic E-state index is 11.1. The van der Waals surface area contributed by atoms with Crippen LogP contribution in [0.5, 0.6) is 0 Å². The first kappa shape index (κ1) is 13.9. The van der Waals surface area contributed by atoms with Crippen molar-refractivity contribution < 1.29 is 23.1 Å². The van der Waals surface area contributed by atoms with E-state index in [1.54, 1.807) is 0 Å². The summed E-state index contributed by atoms with van der Waals surface area (Å²) in [5.74, 6) is -2.50. The Morgan fingerprint density at radius 1 is 1.13 bits per heavy atom. The average Bonchev–Trinajstić information content (AvgIpc) is 1.99. The molecule has 0 aromatic heterocycles. The highest BCUT2D eigenvalue weighted by Gasteiger charge is 2.13. The van der Waals surface area contributed by atoms with E-state index < -0.39 is 27.5 Å². The van der Waals surface area contributed by atoms with Crippen LogP contribution in [0.1, 0.15) is 25.7 Å². The van der Waals surface area contributed by atoms with Crippen LogP contribution in [-0.4, -0.2) is 36.9 Å². The predicted octanol–water partition coefficient (Wildman–Crippen LogP) is -0.469. The van der Waals surface area contributed by atoms with Gasteiger partial charge in [-0.1, -0.05) is 6.42 Å². The van der Waals surface area contributed by atoms with Gasteiger partial charge in [0.1, 0.15) is 5.75 Å². The molecule has 0 unspecified atom stereocenters. The molecule has 0 aromatic rings. The van der Waals surface area contributed by atoms with Crippen molar-refractivity contribution in [2.75, 3.05) is 11.5 Å². The van der Waals surface area contributed by atoms with E-state index in [2.05, 4.69) is 0 Å². The van der Waals surface area contributed by atoms with Crippen LogP contribution in [0.4, 0.5) is 0 Å². The number of carboxylic acids is 1. The van der Waals surface area contributed by atoms with Gasteiger partial charge < -0.3 is 10.8 Å². The first-order valence-corrected chi connectivity index (χ1v) is 6.36. The fourth-order valence-corrected chi connectivity index (χ4v) is 2.29. The van der Waals surface area contributed by atoms with E-state index in [0.717, 1.165) is 0 Å². The van der Waals surface area contributed by atoms with E-state index in [9.17, 15) is 18.0 Å². The number of unbranched alkanes of at least 4 members (excludes halogenated alkanes) is 2. The topological polar surface area (TPSA) is 115 Å². The summed E-state index contributed by atoms with van der Waals surface area (Å²) < 4.78 is 22.2. The smallest absolute Gasteiger partial charge is 0.303 e. The van der Waals surface area contributed by atoms with Crippen molar-refractivity contribution in [2.24, 2.45) is 5.73 Å². The van der Waals surface area contributed by atoms with Crippen LogP contribution in [0.2, 0.25) is 0 Å². The SMILES string of the molecule is NC(=O)CS(=O)(=O)CCCCCC(=O)O. The van der Waals surface area contributed by atoms with Crippen molar-refractivity contribution in [2.45, 2.75) is 25.7 Å². The number of nitrogens with two attached hydrogens (primary N) is 1. The molecule has 0 atom stereocenters. The van der Waals surface area contributed by atoms with Crippen LogP contribution in [0, 0.1) is 0 Å². The number of sulfone groups is 1. The number of amides is 1. The lowest BCUT2D eigenvalue weighted by molar-refractivity contribution is -0.137. The van der Waals surface area contributed by atoms with Crippen molar-refractivity contribution in [3.8, 4) is 0 Å². The van der Waals surface area contributed by atoms with Crippen LogP contribution in [0.3, 0.4) is 0 Å². The molecule has 88 valence electrons. The second-order valence-corrected chi connectivity index (χ2v) is 5.45. The molecule has 0 saturated carbocycles. The summed E-state index contributed by atoms with van der Waals surface area (Å²) in [7, 11) is -3.40. The van der Waals surface area contributed by atoms with Crippen LogP contribution >= 0.6 is 0 Å². The molecule has 1 amide bonds. The van der Waals surface area contributed by atoms with Crippen molar-refractivity contribution in [3.05, 3.63) is 0 Å². The highest BCUT2D eigenvalue weighted by Crippen LogP contribution is 2.03. The maximum absolute atomic E-state index is 11.1. The van der Waals surface area contributed by atoms with E-state index in [-0.39, 0.29) is 12.2 Å². The molecule has 0 aliphatic rings. The van der Waals surface area contributed by atoms with E-state index in [0.29, 0.717) is 19.3 Å². The monoisotopic (exact) mass is 237 g/mol. The molecule has 0 bridgehead atoms. The Morgan fingerprint density at radius 3 is 2.20 bits per heavy atom. The van der Waals surface area contributed by atoms with Gasteiger partial charge in [0, 0.05) is 6.42 Å². The van der Waals surface area contributed by atoms with Gasteiger partial charge in [0.2, 0.25) is 5.91 Å². The van der Waals surface area contributed by atoms with Crippen molar-refractivity contribution in [1.82, 2.24) is 0 Å². The van der Waals surface area contributed by atoms with Gasteiger partial charge in [0.15, 0.2) is 9.84 Å². The molecule has 0 aliphatic carbocycles. The van der Waals surface area contributed by atoms with Crippen molar-refractivity contribution in [3.63, 3.8) is 0 Å². The number of carbonyl (C=O) groups is 2. The van der Waals surface area contributed by atoms with Gasteiger partial charge in [-0.15, -0.1) is 0 Å². The van der Waals surface area contributed by atoms with Crippen molar-refractivity contribution in [1.29, 1.82) is 0 Å². The molecule has 3 N–H and O–H groups in total. The number of rotatable bonds is 8. The zero-order chi connectivity index (χ0) is 11.9. The van der Waals surface area contributed by atoms with E-state index >= 15 is 0 Å². The predicted molar refractivity (Wildman–Crippen MR) is 54.0 cm³/mol. The molecule has 0 saturated heterocycles. The van der Waals surface area contributed by atoms with Crippen LogP contribution in [0.25, 0.3) is 0 Å². The fourth-order valence-electron chi connectivity index (χ4n) is 1.06. The standard InChI is InChI=1S/C8H15NO5S/c9-7(10)6-15(13,14)5-3-1-2-4-8(11)12/h1-6H2,(H2,9,10)(H,11,12). The number of carboxylic acid groups (broad SMARTS) is 1. The summed E-state index contributed by atoms with van der Waals surface area (Å²) in [6.45, 7) is 0. The second-order valence-electron chi connectivity index (χ2n) is 3.26. The van der Waals surface area contributed by atoms with Gasteiger partial charge >= 0.3 is 5.97 Å². The number of aliphatic carboxylic acids is 1. The van der Waals surface area contributed by atoms with Gasteiger partial charge in [0.05, 0.1) is 5.75 Å². The zero-order valence-electron chi connectivity index (χ0n) is 8.31. The van der Waals surface area contributed by atoms with Crippen LogP contribution in [0.15, 0.2) is 0 Å². The molecule has 0 radical (unpaired) electrons. The first-order valence-electron chi connectivity index (χ1n) is 4.54. The summed E-state index contributed by atoms with van der Waals surface area (Å²) in [5.41, 5.74) is 4.75. The molecule has 15 heavy (non-hydrogen) atoms. The zero-order valence-corrected chi connectivity index (χ0v) is 9.12. The Balaban J connectivity index is 3.67. The number of primary amides is 1. The summed E-state index contributed by atoms with van der Waals surface area (Å²) in [5, 5.41) is 8.31. The van der Waals surface area contributed by atoms with E-state index in [4.69, 9.17) is 10.8 Å². The molecular weight excluding hydrogens is 222 g/mol. The molecule has 7 heteroatoms. The highest BCUT2D eigenvalue weighted by molar-refractivity contribution is 7.92. The van der Waals surface area contributed by atoms with Crippen molar-refractivity contribution >= 4 is 21.7 Å². The Hall–Kier alpha value is -1.11. The number of hydrogen-bond acceptors (Lipinski definition) is 4. The van der Waals surface area contributed by atoms with E-state index in [1.165, 1.54) is 0 Å². The molecule has 0 aromatic carbocycles. The van der Waals surface area contributed by atoms with Gasteiger partial charge in [-0.05, 0) is 12.8 Å². The molecular formula is C8H15NO5S. The fraction of sp³-hybridized carbons (Fsp3) is 0.750. The van der Waals surface area contributed by atoms with Gasteiger partial charge in [0.25, 0.3) is 0 Å². The van der Waals surface area contributed by atoms with Gasteiger partial charge in [-0.25, -0.2) is 8.42 Å². The average molecular weight is 237 g/mol. The highest BCUT2D eigenvalue weighted by atomic mass is 32.2. The Labute approximate surface area is 88.4 Å². The van der Waals surface area contributed by atoms with Gasteiger partial charge in [-0.2, -0.15) is 0 Å². The molecule has 0 aliphatic heterocycles. The summed E-state index contributed by atoms with van der Waals surface area (Å²) in [6, 6.07) is 0. The maximum Gasteiger partial charge on any atom is 0.303 e. The number of hydrogen-bond donors (Lipinski definition) is 2. The van der Waals surface area contributed by atoms with Crippen LogP contribution < -0.4 is 5.73 Å². The molecule has 0 fully saturated rings. The largest absolute Gasteiger partial charge is 0.481 e. The quantitative estimate of drug-likeness (QED) is 0.554. The Morgan fingerprint density at radius 2 is 1.73 bits per heavy atom. The summed E-state index contributed by atoms with van der Waals surface area (Å²) in [4.78, 5) is 20.5. The first-order chi connectivity index (χ1) is 6.83. The Bertz CT molecular complexity index is 322. The molecule has 0 heterocycles. The third-order valence-electron chi connectivity index (χ3n) is 1.71. The number of carbonyl (C=O) groups excluding carboxylic acids is 1. The summed E-state index contributed by atoms with van der Waals surface area (Å²) >= 11 is 0. The lowest BCUT2D eigenvalue weighted by Crippen LogP contribution is -2.24. The second kappa shape index (κ2) is 6.39. The minimum atomic E-state index is -3.40. The third kappa shape index (κ3) is 9.20. The third-order valence-corrected chi connectivity index (χ3v) is 3.34. The lowest BCUT2D eigenvalue weighted by Gasteiger charge is -2.01. The van der Waals surface area contributed by atoms with Crippen LogP contribution in [-0.2, 0) is 19.4 Å². The molecule has 6 nitrogen and oxygen atoms in total. The minimum absolute atomic E-state index is 0.0376. The minimum Gasteiger partial charge on any atom is -0.481 e. The van der Waals surface area contributed by atoms with Gasteiger partial charge in [-0.3, -0.25) is 9.59 Å². The normalized spacial score (nSPS) is 11.2. The molecule has 0 rings (SSSR count). The lowest BCUT2D eigenvalue weighted by atomic mass is 10.2. The van der Waals surface area contributed by atoms with E-state index in [1.807, 2.05) is 0 Å².